The van der Waals surface area contributed by atoms with Crippen molar-refractivity contribution in [1.29, 1.82) is 0 Å². The highest BCUT2D eigenvalue weighted by molar-refractivity contribution is 4.36. The summed E-state index contributed by atoms with van der Waals surface area (Å²) in [7, 11) is 1.56. The van der Waals surface area contributed by atoms with Crippen LogP contribution < -0.4 is 0 Å². The topological polar surface area (TPSA) is 88.4 Å². The summed E-state index contributed by atoms with van der Waals surface area (Å²) < 4.78 is 14.3. The van der Waals surface area contributed by atoms with Crippen molar-refractivity contribution in [2.75, 3.05) is 53.4 Å². The lowest BCUT2D eigenvalue weighted by atomic mass is 10.5. The van der Waals surface area contributed by atoms with Gasteiger partial charge in [0, 0.05) is 7.11 Å². The van der Waals surface area contributed by atoms with Crippen LogP contribution in [0.25, 0.3) is 0 Å². The minimum Gasteiger partial charge on any atom is -0.394 e. The summed E-state index contributed by atoms with van der Waals surface area (Å²) in [5.74, 6) is 0. The summed E-state index contributed by atoms with van der Waals surface area (Å²) in [6.07, 6.45) is -0.324. The molecule has 0 saturated carbocycles. The van der Waals surface area contributed by atoms with Crippen LogP contribution in [0.1, 0.15) is 6.92 Å². The first kappa shape index (κ1) is 18.1. The molecule has 0 heterocycles. The van der Waals surface area contributed by atoms with Crippen LogP contribution in [-0.2, 0) is 14.2 Å². The Balaban J connectivity index is 0. The molecule has 3 N–H and O–H groups in total. The Bertz CT molecular complexity index is 101. The Morgan fingerprint density at radius 2 is 1.38 bits per heavy atom. The predicted molar refractivity (Wildman–Crippen MR) is 59.4 cm³/mol. The van der Waals surface area contributed by atoms with Crippen LogP contribution in [-0.4, -0.2) is 74.8 Å². The predicted octanol–water partition coefficient (Wildman–Crippen LogP) is -0.982. The molecule has 0 aromatic heterocycles. The average molecular weight is 240 g/mol. The molecule has 0 aromatic carbocycles. The third kappa shape index (κ3) is 23.5. The van der Waals surface area contributed by atoms with Crippen molar-refractivity contribution in [2.24, 2.45) is 0 Å². The lowest BCUT2D eigenvalue weighted by molar-refractivity contribution is 0.0222. The van der Waals surface area contributed by atoms with E-state index in [0.717, 1.165) is 0 Å². The molecule has 0 spiro atoms. The largest absolute Gasteiger partial charge is 0.394 e. The molecule has 0 bridgehead atoms. The van der Waals surface area contributed by atoms with Gasteiger partial charge in [0.05, 0.1) is 52.4 Å². The van der Waals surface area contributed by atoms with Gasteiger partial charge in [-0.1, -0.05) is 0 Å². The first-order valence-corrected chi connectivity index (χ1v) is 5.23. The van der Waals surface area contributed by atoms with Crippen LogP contribution >= 0.6 is 0 Å². The van der Waals surface area contributed by atoms with E-state index in [4.69, 9.17) is 24.8 Å². The van der Waals surface area contributed by atoms with Crippen LogP contribution in [0.5, 0.6) is 0 Å². The Labute approximate surface area is 96.8 Å². The fourth-order valence-corrected chi connectivity index (χ4v) is 0.692. The molecule has 0 aliphatic rings. The van der Waals surface area contributed by atoms with E-state index in [1.54, 1.807) is 14.0 Å². The molecule has 1 atom stereocenters. The monoisotopic (exact) mass is 240 g/mol. The maximum Gasteiger partial charge on any atom is 0.0745 e. The molecule has 6 nitrogen and oxygen atoms in total. The third-order valence-electron chi connectivity index (χ3n) is 1.25. The molecule has 0 fully saturated rings. The molecule has 0 aliphatic carbocycles. The number of hydrogen-bond acceptors (Lipinski definition) is 6. The van der Waals surface area contributed by atoms with Gasteiger partial charge in [-0.3, -0.25) is 0 Å². The summed E-state index contributed by atoms with van der Waals surface area (Å²) in [4.78, 5) is 0. The fourth-order valence-electron chi connectivity index (χ4n) is 0.692. The maximum atomic E-state index is 8.43. The lowest BCUT2D eigenvalue weighted by Gasteiger charge is -2.01. The van der Waals surface area contributed by atoms with Crippen LogP contribution in [0.2, 0.25) is 0 Å². The number of methoxy groups -OCH3 is 1. The molecule has 0 rings (SSSR count). The van der Waals surface area contributed by atoms with Crippen molar-refractivity contribution in [2.45, 2.75) is 13.0 Å². The zero-order valence-corrected chi connectivity index (χ0v) is 10.1. The van der Waals surface area contributed by atoms with Gasteiger partial charge in [-0.25, -0.2) is 0 Å². The van der Waals surface area contributed by atoms with Gasteiger partial charge >= 0.3 is 0 Å². The van der Waals surface area contributed by atoms with Gasteiger partial charge in [-0.2, -0.15) is 0 Å². The SMILES string of the molecule is COCC(C)O.OCCOCCOCCO. The van der Waals surface area contributed by atoms with Crippen LogP contribution in [0, 0.1) is 0 Å². The summed E-state index contributed by atoms with van der Waals surface area (Å²) in [5.41, 5.74) is 0. The van der Waals surface area contributed by atoms with Gasteiger partial charge in [-0.15, -0.1) is 0 Å². The van der Waals surface area contributed by atoms with E-state index in [9.17, 15) is 0 Å². The molecule has 0 aliphatic heterocycles. The number of aliphatic hydroxyl groups excluding tert-OH is 3. The number of hydrogen-bond donors (Lipinski definition) is 3. The third-order valence-corrected chi connectivity index (χ3v) is 1.25. The maximum absolute atomic E-state index is 8.43. The van der Waals surface area contributed by atoms with Gasteiger partial charge in [0.25, 0.3) is 0 Å². The molecule has 0 saturated heterocycles. The van der Waals surface area contributed by atoms with Gasteiger partial charge in [0.15, 0.2) is 0 Å². The van der Waals surface area contributed by atoms with Gasteiger partial charge in [0.2, 0.25) is 0 Å². The molecular formula is C10H24O6. The molecule has 100 valence electrons. The molecule has 16 heavy (non-hydrogen) atoms. The Kier molecular flexibility index (Phi) is 19.5. The molecular weight excluding hydrogens is 216 g/mol. The van der Waals surface area contributed by atoms with Crippen molar-refractivity contribution >= 4 is 0 Å². The molecule has 0 amide bonds. The van der Waals surface area contributed by atoms with E-state index in [-0.39, 0.29) is 19.3 Å². The Morgan fingerprint density at radius 3 is 1.56 bits per heavy atom. The first-order valence-electron chi connectivity index (χ1n) is 5.23. The molecule has 6 heteroatoms. The molecule has 1 unspecified atom stereocenters. The Morgan fingerprint density at radius 1 is 0.938 bits per heavy atom. The zero-order valence-electron chi connectivity index (χ0n) is 10.1. The van der Waals surface area contributed by atoms with Crippen molar-refractivity contribution in [3.05, 3.63) is 0 Å². The minimum atomic E-state index is -0.324. The summed E-state index contributed by atoms with van der Waals surface area (Å²) in [5, 5.41) is 25.0. The smallest absolute Gasteiger partial charge is 0.0745 e. The van der Waals surface area contributed by atoms with Crippen molar-refractivity contribution in [1.82, 2.24) is 0 Å². The second-order valence-electron chi connectivity index (χ2n) is 2.98. The quantitative estimate of drug-likeness (QED) is 0.449. The van der Waals surface area contributed by atoms with E-state index in [0.29, 0.717) is 33.0 Å². The normalized spacial score (nSPS) is 11.8. The van der Waals surface area contributed by atoms with Crippen LogP contribution in [0.15, 0.2) is 0 Å². The van der Waals surface area contributed by atoms with E-state index >= 15 is 0 Å². The first-order chi connectivity index (χ1) is 7.68. The fraction of sp³-hybridized carbons (Fsp3) is 1.00. The van der Waals surface area contributed by atoms with E-state index in [1.807, 2.05) is 0 Å². The van der Waals surface area contributed by atoms with Crippen molar-refractivity contribution < 1.29 is 29.5 Å². The van der Waals surface area contributed by atoms with Gasteiger partial charge in [-0.05, 0) is 6.92 Å². The summed E-state index contributed by atoms with van der Waals surface area (Å²) >= 11 is 0. The highest BCUT2D eigenvalue weighted by atomic mass is 16.5. The summed E-state index contributed by atoms with van der Waals surface area (Å²) in [6, 6.07) is 0. The van der Waals surface area contributed by atoms with E-state index in [2.05, 4.69) is 4.74 Å². The highest BCUT2D eigenvalue weighted by Gasteiger charge is 1.87. The summed E-state index contributed by atoms with van der Waals surface area (Å²) in [6.45, 7) is 3.84. The standard InChI is InChI=1S/C6H14O4.C4H10O2/c7-1-3-9-5-6-10-4-2-8;1-4(5)3-6-2/h7-8H,1-6H2;4-5H,3H2,1-2H3. The zero-order chi connectivity index (χ0) is 12.6. The number of aliphatic hydroxyl groups is 3. The van der Waals surface area contributed by atoms with Gasteiger partial charge in [0.1, 0.15) is 0 Å². The van der Waals surface area contributed by atoms with Crippen molar-refractivity contribution in [3.8, 4) is 0 Å². The second kappa shape index (κ2) is 17.2. The second-order valence-corrected chi connectivity index (χ2v) is 2.98. The van der Waals surface area contributed by atoms with Crippen molar-refractivity contribution in [3.63, 3.8) is 0 Å². The Hall–Kier alpha value is -0.240. The molecule has 0 radical (unpaired) electrons. The number of ether oxygens (including phenoxy) is 3. The minimum absolute atomic E-state index is 0.0417. The molecule has 0 aromatic rings. The lowest BCUT2D eigenvalue weighted by Crippen LogP contribution is -2.09. The van der Waals surface area contributed by atoms with Crippen LogP contribution in [0.4, 0.5) is 0 Å². The van der Waals surface area contributed by atoms with Gasteiger partial charge < -0.3 is 29.5 Å². The van der Waals surface area contributed by atoms with Crippen LogP contribution in [0.3, 0.4) is 0 Å². The highest BCUT2D eigenvalue weighted by Crippen LogP contribution is 1.77. The van der Waals surface area contributed by atoms with E-state index in [1.165, 1.54) is 0 Å². The van der Waals surface area contributed by atoms with E-state index < -0.39 is 0 Å². The average Bonchev–Trinajstić information content (AvgIpc) is 2.24. The number of rotatable bonds is 9.